The number of rotatable bonds is 2. The molecule has 0 bridgehead atoms. The smallest absolute Gasteiger partial charge is 0.390 e. The van der Waals surface area contributed by atoms with Crippen LogP contribution >= 0.6 is 0 Å². The van der Waals surface area contributed by atoms with Crippen LogP contribution in [0, 0.1) is 6.57 Å². The number of alkyl halides is 3. The molecule has 0 N–H and O–H groups in total. The molecule has 1 atom stereocenters. The quantitative estimate of drug-likeness (QED) is 0.426. The first-order chi connectivity index (χ1) is 7.19. The molecular formula is C7H6F3NO4S. The summed E-state index contributed by atoms with van der Waals surface area (Å²) in [7, 11) is -5.73. The van der Waals surface area contributed by atoms with E-state index in [1.165, 1.54) is 6.92 Å². The summed E-state index contributed by atoms with van der Waals surface area (Å²) in [6.45, 7) is 7.60. The Kier molecular flexibility index (Phi) is 3.16. The van der Waals surface area contributed by atoms with E-state index in [9.17, 15) is 21.6 Å². The van der Waals surface area contributed by atoms with E-state index in [4.69, 9.17) is 11.3 Å². The lowest BCUT2D eigenvalue weighted by atomic mass is 10.3. The Morgan fingerprint density at radius 3 is 2.56 bits per heavy atom. The highest BCUT2D eigenvalue weighted by Gasteiger charge is 2.49. The van der Waals surface area contributed by atoms with Crippen molar-refractivity contribution < 1.29 is 30.5 Å². The molecule has 0 aromatic carbocycles. The van der Waals surface area contributed by atoms with Gasteiger partial charge < -0.3 is 8.92 Å². The van der Waals surface area contributed by atoms with Gasteiger partial charge in [0.05, 0.1) is 19.3 Å². The maximum atomic E-state index is 12.0. The molecule has 1 unspecified atom stereocenters. The van der Waals surface area contributed by atoms with Gasteiger partial charge in [-0.2, -0.15) is 21.6 Å². The van der Waals surface area contributed by atoms with Crippen molar-refractivity contribution in [1.82, 2.24) is 0 Å². The molecule has 0 aliphatic carbocycles. The van der Waals surface area contributed by atoms with Crippen molar-refractivity contribution in [1.29, 1.82) is 0 Å². The molecule has 1 aliphatic heterocycles. The monoisotopic (exact) mass is 257 g/mol. The molecule has 0 aromatic rings. The van der Waals surface area contributed by atoms with Crippen molar-refractivity contribution in [3.05, 3.63) is 22.9 Å². The van der Waals surface area contributed by atoms with Crippen LogP contribution in [0.4, 0.5) is 13.2 Å². The van der Waals surface area contributed by atoms with Crippen LogP contribution in [0.5, 0.6) is 0 Å². The van der Waals surface area contributed by atoms with Crippen LogP contribution in [0.15, 0.2) is 11.5 Å². The molecule has 1 heterocycles. The van der Waals surface area contributed by atoms with Crippen LogP contribution in [0.1, 0.15) is 6.92 Å². The summed E-state index contributed by atoms with van der Waals surface area (Å²) in [6, 6.07) is 0. The standard InChI is InChI=1S/C7H6F3NO4S/c1-4-6(11-2)5(3-14-4)15-16(12,13)7(8,9)10/h4H,3H2,1H3. The molecule has 0 saturated heterocycles. The molecule has 0 spiro atoms. The molecule has 0 radical (unpaired) electrons. The Balaban J connectivity index is 3.01. The van der Waals surface area contributed by atoms with Crippen molar-refractivity contribution in [2.75, 3.05) is 6.61 Å². The van der Waals surface area contributed by atoms with Crippen LogP contribution < -0.4 is 0 Å². The number of hydrogen-bond acceptors (Lipinski definition) is 4. The SMILES string of the molecule is [C-]#[N+]C1=C(OS(=O)(=O)C(F)(F)F)COC1C. The Labute approximate surface area is 89.4 Å². The summed E-state index contributed by atoms with van der Waals surface area (Å²) in [5, 5.41) is 0. The molecule has 0 saturated carbocycles. The maximum Gasteiger partial charge on any atom is 0.534 e. The van der Waals surface area contributed by atoms with Crippen LogP contribution in [0.25, 0.3) is 4.85 Å². The van der Waals surface area contributed by atoms with Crippen molar-refractivity contribution >= 4 is 10.1 Å². The normalized spacial score (nSPS) is 22.1. The molecule has 5 nitrogen and oxygen atoms in total. The minimum absolute atomic E-state index is 0.271. The van der Waals surface area contributed by atoms with Gasteiger partial charge in [0, 0.05) is 0 Å². The summed E-state index contributed by atoms with van der Waals surface area (Å²) >= 11 is 0. The Morgan fingerprint density at radius 2 is 2.12 bits per heavy atom. The predicted octanol–water partition coefficient (Wildman–Crippen LogP) is 1.40. The van der Waals surface area contributed by atoms with Crippen LogP contribution in [0.2, 0.25) is 0 Å². The number of halogens is 3. The van der Waals surface area contributed by atoms with Crippen LogP contribution in [-0.2, 0) is 19.0 Å². The highest BCUT2D eigenvalue weighted by Crippen LogP contribution is 2.31. The molecular weight excluding hydrogens is 251 g/mol. The van der Waals surface area contributed by atoms with E-state index in [1.807, 2.05) is 0 Å². The van der Waals surface area contributed by atoms with Crippen LogP contribution in [-0.4, -0.2) is 26.6 Å². The molecule has 0 aromatic heterocycles. The second-order valence-electron chi connectivity index (χ2n) is 2.86. The zero-order valence-corrected chi connectivity index (χ0v) is 8.72. The Morgan fingerprint density at radius 1 is 1.56 bits per heavy atom. The van der Waals surface area contributed by atoms with E-state index in [1.54, 1.807) is 0 Å². The maximum absolute atomic E-state index is 12.0. The second kappa shape index (κ2) is 3.95. The Bertz CT molecular complexity index is 459. The summed E-state index contributed by atoms with van der Waals surface area (Å²) in [5.41, 5.74) is -5.79. The van der Waals surface area contributed by atoms with E-state index in [0.717, 1.165) is 0 Å². The van der Waals surface area contributed by atoms with E-state index in [0.29, 0.717) is 0 Å². The topological polar surface area (TPSA) is 57.0 Å². The average molecular weight is 257 g/mol. The lowest BCUT2D eigenvalue weighted by Crippen LogP contribution is -2.25. The predicted molar refractivity (Wildman–Crippen MR) is 45.1 cm³/mol. The lowest BCUT2D eigenvalue weighted by molar-refractivity contribution is -0.0525. The van der Waals surface area contributed by atoms with Crippen LogP contribution in [0.3, 0.4) is 0 Å². The summed E-state index contributed by atoms with van der Waals surface area (Å²) in [4.78, 5) is 2.86. The third-order valence-electron chi connectivity index (χ3n) is 1.75. The fourth-order valence-electron chi connectivity index (χ4n) is 0.980. The minimum atomic E-state index is -5.73. The summed E-state index contributed by atoms with van der Waals surface area (Å²) in [6.07, 6.45) is -0.768. The van der Waals surface area contributed by atoms with Gasteiger partial charge in [-0.05, 0) is 6.92 Å². The number of hydrogen-bond donors (Lipinski definition) is 0. The van der Waals surface area contributed by atoms with Gasteiger partial charge in [0.25, 0.3) is 0 Å². The van der Waals surface area contributed by atoms with E-state index < -0.39 is 34.1 Å². The zero-order chi connectivity index (χ0) is 12.6. The van der Waals surface area contributed by atoms with Crippen molar-refractivity contribution in [3.63, 3.8) is 0 Å². The second-order valence-corrected chi connectivity index (χ2v) is 4.39. The first-order valence-corrected chi connectivity index (χ1v) is 5.32. The van der Waals surface area contributed by atoms with Gasteiger partial charge in [-0.1, -0.05) is 0 Å². The molecule has 9 heteroatoms. The van der Waals surface area contributed by atoms with Crippen molar-refractivity contribution in [2.24, 2.45) is 0 Å². The molecule has 0 fully saturated rings. The van der Waals surface area contributed by atoms with Gasteiger partial charge >= 0.3 is 15.6 Å². The minimum Gasteiger partial charge on any atom is -0.390 e. The van der Waals surface area contributed by atoms with Gasteiger partial charge in [0.1, 0.15) is 0 Å². The average Bonchev–Trinajstić information content (AvgIpc) is 2.44. The van der Waals surface area contributed by atoms with Gasteiger partial charge in [-0.25, -0.2) is 4.85 Å². The fourth-order valence-corrected chi connectivity index (χ4v) is 1.47. The number of ether oxygens (including phenoxy) is 1. The summed E-state index contributed by atoms with van der Waals surface area (Å²) in [5.74, 6) is -0.611. The number of nitrogens with zero attached hydrogens (tertiary/aromatic N) is 1. The molecule has 0 amide bonds. The van der Waals surface area contributed by atoms with Gasteiger partial charge in [-0.3, -0.25) is 0 Å². The van der Waals surface area contributed by atoms with E-state index in [2.05, 4.69) is 9.03 Å². The first-order valence-electron chi connectivity index (χ1n) is 3.92. The van der Waals surface area contributed by atoms with E-state index in [-0.39, 0.29) is 5.70 Å². The largest absolute Gasteiger partial charge is 0.534 e. The van der Waals surface area contributed by atoms with Gasteiger partial charge in [0.15, 0.2) is 5.76 Å². The van der Waals surface area contributed by atoms with Crippen molar-refractivity contribution in [3.8, 4) is 0 Å². The van der Waals surface area contributed by atoms with E-state index >= 15 is 0 Å². The fraction of sp³-hybridized carbons (Fsp3) is 0.571. The summed E-state index contributed by atoms with van der Waals surface area (Å²) < 4.78 is 65.8. The van der Waals surface area contributed by atoms with Crippen molar-refractivity contribution in [2.45, 2.75) is 18.5 Å². The van der Waals surface area contributed by atoms with Gasteiger partial charge in [0.2, 0.25) is 5.70 Å². The lowest BCUT2D eigenvalue weighted by Gasteiger charge is -2.09. The zero-order valence-electron chi connectivity index (χ0n) is 7.91. The highest BCUT2D eigenvalue weighted by molar-refractivity contribution is 7.87. The van der Waals surface area contributed by atoms with Gasteiger partial charge in [-0.15, -0.1) is 0 Å². The highest BCUT2D eigenvalue weighted by atomic mass is 32.2. The molecule has 90 valence electrons. The third kappa shape index (κ3) is 2.28. The first kappa shape index (κ1) is 12.8. The molecule has 16 heavy (non-hydrogen) atoms. The molecule has 1 aliphatic rings. The third-order valence-corrected chi connectivity index (χ3v) is 2.74. The molecule has 1 rings (SSSR count). The Hall–Kier alpha value is -1.27.